The van der Waals surface area contributed by atoms with E-state index < -0.39 is 42.3 Å². The highest BCUT2D eigenvalue weighted by atomic mass is 32.1. The smallest absolute Gasteiger partial charge is 0.361 e. The number of halogens is 5. The number of hydrogen-bond acceptors (Lipinski definition) is 6. The Balaban J connectivity index is 2.07. The molecule has 1 saturated heterocycles. The fourth-order valence-corrected chi connectivity index (χ4v) is 4.39. The van der Waals surface area contributed by atoms with Crippen LogP contribution in [-0.2, 0) is 0 Å². The van der Waals surface area contributed by atoms with Crippen molar-refractivity contribution in [3.05, 3.63) is 28.5 Å². The van der Waals surface area contributed by atoms with Crippen molar-refractivity contribution in [3.8, 4) is 10.4 Å². The second kappa shape index (κ2) is 9.35. The minimum absolute atomic E-state index is 0.0119. The summed E-state index contributed by atoms with van der Waals surface area (Å²) in [6.45, 7) is 0.871. The number of anilines is 1. The number of carbonyl (C=O) groups is 2. The standard InChI is InChI=1S/C19H20F5N5O2S/c1-9-4-3-5-29(9)18(31)13-14(32-17(28-13)16(30)25-2)11-7-26-12(6-10(11)15(20)21)27-8-19(22,23)24/h6-7,9,15H,3-5,8H2,1-2H3,(H,25,30)(H,26,27). The molecule has 174 valence electrons. The largest absolute Gasteiger partial charge is 0.405 e. The van der Waals surface area contributed by atoms with Crippen molar-refractivity contribution >= 4 is 29.0 Å². The van der Waals surface area contributed by atoms with Crippen LogP contribution in [0.1, 0.15) is 52.0 Å². The van der Waals surface area contributed by atoms with E-state index in [1.165, 1.54) is 7.05 Å². The summed E-state index contributed by atoms with van der Waals surface area (Å²) >= 11 is 0.744. The molecular formula is C19H20F5N5O2S. The van der Waals surface area contributed by atoms with Gasteiger partial charge < -0.3 is 15.5 Å². The SMILES string of the molecule is CNC(=O)c1nc(C(=O)N2CCCC2C)c(-c2cnc(NCC(F)(F)F)cc2C(F)F)s1. The third-order valence-corrected chi connectivity index (χ3v) is 6.04. The number of alkyl halides is 5. The molecule has 0 aromatic carbocycles. The minimum Gasteiger partial charge on any atom is -0.361 e. The molecule has 1 aliphatic rings. The van der Waals surface area contributed by atoms with Gasteiger partial charge in [0.15, 0.2) is 5.01 Å². The van der Waals surface area contributed by atoms with E-state index in [1.807, 2.05) is 12.2 Å². The lowest BCUT2D eigenvalue weighted by Gasteiger charge is -2.21. The van der Waals surface area contributed by atoms with Crippen LogP contribution in [0.15, 0.2) is 12.3 Å². The summed E-state index contributed by atoms with van der Waals surface area (Å²) in [5.41, 5.74) is -0.956. The highest BCUT2D eigenvalue weighted by Crippen LogP contribution is 2.38. The van der Waals surface area contributed by atoms with E-state index in [0.717, 1.165) is 36.4 Å². The molecule has 1 atom stereocenters. The van der Waals surface area contributed by atoms with Gasteiger partial charge in [0.25, 0.3) is 18.2 Å². The summed E-state index contributed by atoms with van der Waals surface area (Å²) in [6.07, 6.45) is -5.11. The summed E-state index contributed by atoms with van der Waals surface area (Å²) < 4.78 is 65.0. The third kappa shape index (κ3) is 5.14. The number of aromatic nitrogens is 2. The summed E-state index contributed by atoms with van der Waals surface area (Å²) in [6, 6.07) is 0.722. The Morgan fingerprint density at radius 1 is 1.34 bits per heavy atom. The highest BCUT2D eigenvalue weighted by molar-refractivity contribution is 7.17. The van der Waals surface area contributed by atoms with E-state index in [9.17, 15) is 31.5 Å². The van der Waals surface area contributed by atoms with E-state index >= 15 is 0 Å². The zero-order valence-electron chi connectivity index (χ0n) is 17.1. The normalized spacial score (nSPS) is 16.5. The first-order valence-corrected chi connectivity index (χ1v) is 10.5. The van der Waals surface area contributed by atoms with Crippen molar-refractivity contribution in [2.75, 3.05) is 25.5 Å². The van der Waals surface area contributed by atoms with Crippen LogP contribution in [0.5, 0.6) is 0 Å². The zero-order chi connectivity index (χ0) is 23.6. The van der Waals surface area contributed by atoms with Gasteiger partial charge in [-0.05, 0) is 25.8 Å². The van der Waals surface area contributed by atoms with Crippen LogP contribution >= 0.6 is 11.3 Å². The Hall–Kier alpha value is -2.83. The lowest BCUT2D eigenvalue weighted by molar-refractivity contribution is -0.115. The van der Waals surface area contributed by atoms with Crippen LogP contribution < -0.4 is 10.6 Å². The van der Waals surface area contributed by atoms with Crippen LogP contribution in [0, 0.1) is 0 Å². The number of nitrogens with one attached hydrogen (secondary N) is 2. The van der Waals surface area contributed by atoms with Crippen LogP contribution in [0.4, 0.5) is 27.8 Å². The average molecular weight is 477 g/mol. The number of thiazole rings is 1. The van der Waals surface area contributed by atoms with Gasteiger partial charge in [-0.2, -0.15) is 13.2 Å². The molecule has 0 radical (unpaired) electrons. The van der Waals surface area contributed by atoms with E-state index in [0.29, 0.717) is 6.54 Å². The minimum atomic E-state index is -4.56. The van der Waals surface area contributed by atoms with Gasteiger partial charge in [0, 0.05) is 37.0 Å². The first kappa shape index (κ1) is 23.8. The van der Waals surface area contributed by atoms with Gasteiger partial charge in [0.2, 0.25) is 0 Å². The molecule has 3 heterocycles. The Bertz CT molecular complexity index is 1010. The van der Waals surface area contributed by atoms with Gasteiger partial charge in [0.05, 0.1) is 4.88 Å². The predicted molar refractivity (Wildman–Crippen MR) is 108 cm³/mol. The quantitative estimate of drug-likeness (QED) is 0.612. The van der Waals surface area contributed by atoms with Gasteiger partial charge in [-0.25, -0.2) is 18.7 Å². The van der Waals surface area contributed by atoms with Crippen molar-refractivity contribution in [2.45, 2.75) is 38.4 Å². The van der Waals surface area contributed by atoms with Crippen molar-refractivity contribution in [1.82, 2.24) is 20.2 Å². The maximum atomic E-state index is 13.8. The fraction of sp³-hybridized carbons (Fsp3) is 0.474. The van der Waals surface area contributed by atoms with Crippen LogP contribution in [0.3, 0.4) is 0 Å². The first-order valence-electron chi connectivity index (χ1n) is 9.64. The fourth-order valence-electron chi connectivity index (χ4n) is 3.35. The molecule has 3 rings (SSSR count). The Morgan fingerprint density at radius 3 is 2.62 bits per heavy atom. The maximum absolute atomic E-state index is 13.8. The second-order valence-electron chi connectivity index (χ2n) is 7.19. The topological polar surface area (TPSA) is 87.2 Å². The van der Waals surface area contributed by atoms with Crippen molar-refractivity contribution in [3.63, 3.8) is 0 Å². The van der Waals surface area contributed by atoms with Gasteiger partial charge in [-0.1, -0.05) is 0 Å². The van der Waals surface area contributed by atoms with Crippen molar-refractivity contribution < 1.29 is 31.5 Å². The lowest BCUT2D eigenvalue weighted by Crippen LogP contribution is -2.34. The molecule has 2 aromatic heterocycles. The molecule has 0 aliphatic carbocycles. The Labute approximate surface area is 184 Å². The molecule has 2 aromatic rings. The first-order chi connectivity index (χ1) is 15.0. The van der Waals surface area contributed by atoms with Crippen LogP contribution in [-0.4, -0.2) is 59.0 Å². The van der Waals surface area contributed by atoms with Crippen molar-refractivity contribution in [1.29, 1.82) is 0 Å². The zero-order valence-corrected chi connectivity index (χ0v) is 17.9. The van der Waals surface area contributed by atoms with Crippen molar-refractivity contribution in [2.24, 2.45) is 0 Å². The number of carbonyl (C=O) groups excluding carboxylic acids is 2. The highest BCUT2D eigenvalue weighted by Gasteiger charge is 2.33. The molecule has 1 aliphatic heterocycles. The number of amides is 2. The molecule has 2 N–H and O–H groups in total. The van der Waals surface area contributed by atoms with Gasteiger partial charge in [-0.15, -0.1) is 11.3 Å². The molecule has 2 amide bonds. The second-order valence-corrected chi connectivity index (χ2v) is 8.19. The average Bonchev–Trinajstić information content (AvgIpc) is 3.37. The van der Waals surface area contributed by atoms with E-state index in [4.69, 9.17) is 0 Å². The van der Waals surface area contributed by atoms with E-state index in [2.05, 4.69) is 15.3 Å². The number of likely N-dealkylation sites (tertiary alicyclic amines) is 1. The number of rotatable bonds is 6. The molecule has 0 spiro atoms. The molecule has 1 unspecified atom stereocenters. The Morgan fingerprint density at radius 2 is 2.06 bits per heavy atom. The lowest BCUT2D eigenvalue weighted by atomic mass is 10.1. The number of nitrogens with zero attached hydrogens (tertiary/aromatic N) is 3. The van der Waals surface area contributed by atoms with Crippen LogP contribution in [0.25, 0.3) is 10.4 Å². The summed E-state index contributed by atoms with van der Waals surface area (Å²) in [5.74, 6) is -1.49. The predicted octanol–water partition coefficient (Wildman–Crippen LogP) is 4.10. The van der Waals surface area contributed by atoms with Gasteiger partial charge in [-0.3, -0.25) is 9.59 Å². The summed E-state index contributed by atoms with van der Waals surface area (Å²) in [4.78, 5) is 34.7. The Kier molecular flexibility index (Phi) is 6.96. The van der Waals surface area contributed by atoms with Gasteiger partial charge in [0.1, 0.15) is 18.1 Å². The molecule has 0 bridgehead atoms. The molecular weight excluding hydrogens is 457 g/mol. The number of hydrogen-bond donors (Lipinski definition) is 2. The summed E-state index contributed by atoms with van der Waals surface area (Å²) in [5, 5.41) is 4.23. The monoisotopic (exact) mass is 477 g/mol. The molecule has 1 fully saturated rings. The molecule has 7 nitrogen and oxygen atoms in total. The van der Waals surface area contributed by atoms with Crippen LogP contribution in [0.2, 0.25) is 0 Å². The molecule has 13 heteroatoms. The van der Waals surface area contributed by atoms with E-state index in [1.54, 1.807) is 4.90 Å². The summed E-state index contributed by atoms with van der Waals surface area (Å²) in [7, 11) is 1.36. The van der Waals surface area contributed by atoms with E-state index in [-0.39, 0.29) is 27.2 Å². The number of pyridine rings is 1. The molecule has 0 saturated carbocycles. The molecule has 32 heavy (non-hydrogen) atoms. The van der Waals surface area contributed by atoms with Gasteiger partial charge >= 0.3 is 6.18 Å². The maximum Gasteiger partial charge on any atom is 0.405 e. The third-order valence-electron chi connectivity index (χ3n) is 4.95.